The van der Waals surface area contributed by atoms with Gasteiger partial charge in [-0.15, -0.1) is 24.8 Å². The Labute approximate surface area is 133 Å². The molecule has 2 rings (SSSR count). The number of hydrogen-bond donors (Lipinski definition) is 1. The highest BCUT2D eigenvalue weighted by Gasteiger charge is 2.17. The van der Waals surface area contributed by atoms with E-state index in [1.54, 1.807) is 0 Å². The molecule has 0 radical (unpaired) electrons. The summed E-state index contributed by atoms with van der Waals surface area (Å²) < 4.78 is 5.40. The van der Waals surface area contributed by atoms with E-state index in [2.05, 4.69) is 20.9 Å². The number of halogens is 2. The monoisotopic (exact) mass is 322 g/mol. The SMILES string of the molecule is Cl.Cl.NCCOCCN1CCN(c2ccccn2)CC1. The van der Waals surface area contributed by atoms with Crippen LogP contribution in [0.3, 0.4) is 0 Å². The van der Waals surface area contributed by atoms with Crippen LogP contribution in [-0.4, -0.2) is 62.4 Å². The topological polar surface area (TPSA) is 54.6 Å². The first-order valence-electron chi connectivity index (χ1n) is 6.56. The quantitative estimate of drug-likeness (QED) is 0.792. The first kappa shape index (κ1) is 19.4. The summed E-state index contributed by atoms with van der Waals surface area (Å²) in [7, 11) is 0. The van der Waals surface area contributed by atoms with Crippen LogP contribution in [0.2, 0.25) is 0 Å². The van der Waals surface area contributed by atoms with Gasteiger partial charge in [-0.2, -0.15) is 0 Å². The Balaban J connectivity index is 0.00000180. The molecule has 2 N–H and O–H groups in total. The minimum absolute atomic E-state index is 0. The van der Waals surface area contributed by atoms with Crippen LogP contribution in [0.25, 0.3) is 0 Å². The van der Waals surface area contributed by atoms with Gasteiger partial charge in [0.15, 0.2) is 0 Å². The molecular formula is C13H24Cl2N4O. The first-order valence-corrected chi connectivity index (χ1v) is 6.56. The molecule has 116 valence electrons. The number of pyridine rings is 1. The average Bonchev–Trinajstić information content (AvgIpc) is 2.45. The lowest BCUT2D eigenvalue weighted by Crippen LogP contribution is -2.47. The standard InChI is InChI=1S/C13H22N4O.2ClH/c14-4-11-18-12-10-16-6-8-17(9-7-16)13-3-1-2-5-15-13;;/h1-3,5H,4,6-12,14H2;2*1H. The summed E-state index contributed by atoms with van der Waals surface area (Å²) in [5.74, 6) is 1.08. The van der Waals surface area contributed by atoms with Gasteiger partial charge in [0.1, 0.15) is 5.82 Å². The van der Waals surface area contributed by atoms with Crippen LogP contribution in [0.4, 0.5) is 5.82 Å². The molecule has 1 aromatic heterocycles. The van der Waals surface area contributed by atoms with Crippen molar-refractivity contribution in [3.05, 3.63) is 24.4 Å². The lowest BCUT2D eigenvalue weighted by atomic mass is 10.3. The van der Waals surface area contributed by atoms with E-state index >= 15 is 0 Å². The van der Waals surface area contributed by atoms with Crippen molar-refractivity contribution in [1.82, 2.24) is 9.88 Å². The third kappa shape index (κ3) is 6.24. The largest absolute Gasteiger partial charge is 0.379 e. The molecule has 7 heteroatoms. The molecule has 0 atom stereocenters. The second-order valence-electron chi connectivity index (χ2n) is 4.42. The molecule has 2 heterocycles. The highest BCUT2D eigenvalue weighted by molar-refractivity contribution is 5.85. The predicted molar refractivity (Wildman–Crippen MR) is 87.3 cm³/mol. The van der Waals surface area contributed by atoms with Crippen molar-refractivity contribution in [2.75, 3.05) is 57.4 Å². The summed E-state index contributed by atoms with van der Waals surface area (Å²) in [6, 6.07) is 6.06. The van der Waals surface area contributed by atoms with Crippen LogP contribution < -0.4 is 10.6 Å². The van der Waals surface area contributed by atoms with Crippen molar-refractivity contribution < 1.29 is 4.74 Å². The number of aromatic nitrogens is 1. The fourth-order valence-corrected chi connectivity index (χ4v) is 2.12. The Bertz CT molecular complexity index is 334. The van der Waals surface area contributed by atoms with Gasteiger partial charge in [0, 0.05) is 45.5 Å². The van der Waals surface area contributed by atoms with E-state index in [1.807, 2.05) is 18.3 Å². The Morgan fingerprint density at radius 3 is 2.45 bits per heavy atom. The molecule has 0 aliphatic carbocycles. The normalized spacial score (nSPS) is 15.3. The molecule has 1 aliphatic heterocycles. The lowest BCUT2D eigenvalue weighted by Gasteiger charge is -2.35. The summed E-state index contributed by atoms with van der Waals surface area (Å²) in [4.78, 5) is 9.14. The number of nitrogens with zero attached hydrogens (tertiary/aromatic N) is 3. The Hall–Kier alpha value is -0.590. The van der Waals surface area contributed by atoms with Gasteiger partial charge in [0.2, 0.25) is 0 Å². The molecule has 0 bridgehead atoms. The van der Waals surface area contributed by atoms with E-state index in [0.29, 0.717) is 13.2 Å². The highest BCUT2D eigenvalue weighted by Crippen LogP contribution is 2.11. The second-order valence-corrected chi connectivity index (χ2v) is 4.42. The number of piperazine rings is 1. The first-order chi connectivity index (χ1) is 8.90. The smallest absolute Gasteiger partial charge is 0.128 e. The molecule has 0 aromatic carbocycles. The van der Waals surface area contributed by atoms with Crippen LogP contribution in [0.5, 0.6) is 0 Å². The van der Waals surface area contributed by atoms with Gasteiger partial charge < -0.3 is 15.4 Å². The van der Waals surface area contributed by atoms with Gasteiger partial charge in [0.05, 0.1) is 13.2 Å². The van der Waals surface area contributed by atoms with E-state index in [4.69, 9.17) is 10.5 Å². The third-order valence-corrected chi connectivity index (χ3v) is 3.16. The Morgan fingerprint density at radius 2 is 1.85 bits per heavy atom. The fraction of sp³-hybridized carbons (Fsp3) is 0.615. The molecule has 1 aliphatic rings. The number of ether oxygens (including phenoxy) is 1. The van der Waals surface area contributed by atoms with E-state index < -0.39 is 0 Å². The van der Waals surface area contributed by atoms with Crippen LogP contribution >= 0.6 is 24.8 Å². The van der Waals surface area contributed by atoms with Crippen molar-refractivity contribution >= 4 is 30.6 Å². The number of hydrogen-bond acceptors (Lipinski definition) is 5. The van der Waals surface area contributed by atoms with Crippen LogP contribution in [0.1, 0.15) is 0 Å². The lowest BCUT2D eigenvalue weighted by molar-refractivity contribution is 0.107. The molecule has 0 saturated carbocycles. The van der Waals surface area contributed by atoms with Crippen molar-refractivity contribution in [2.24, 2.45) is 5.73 Å². The van der Waals surface area contributed by atoms with Crippen molar-refractivity contribution in [2.45, 2.75) is 0 Å². The van der Waals surface area contributed by atoms with Gasteiger partial charge in [-0.05, 0) is 12.1 Å². The molecule has 5 nitrogen and oxygen atoms in total. The Kier molecular flexibility index (Phi) is 10.8. The summed E-state index contributed by atoms with van der Waals surface area (Å²) in [6.45, 7) is 7.26. The summed E-state index contributed by atoms with van der Waals surface area (Å²) in [5, 5.41) is 0. The van der Waals surface area contributed by atoms with Gasteiger partial charge >= 0.3 is 0 Å². The molecule has 1 saturated heterocycles. The van der Waals surface area contributed by atoms with Gasteiger partial charge in [0.25, 0.3) is 0 Å². The zero-order valence-electron chi connectivity index (χ0n) is 11.6. The molecule has 0 amide bonds. The number of rotatable bonds is 6. The van der Waals surface area contributed by atoms with Gasteiger partial charge in [-0.25, -0.2) is 4.98 Å². The number of nitrogens with two attached hydrogens (primary N) is 1. The van der Waals surface area contributed by atoms with E-state index in [-0.39, 0.29) is 24.8 Å². The summed E-state index contributed by atoms with van der Waals surface area (Å²) >= 11 is 0. The van der Waals surface area contributed by atoms with E-state index in [1.165, 1.54) is 0 Å². The van der Waals surface area contributed by atoms with Crippen molar-refractivity contribution in [1.29, 1.82) is 0 Å². The maximum Gasteiger partial charge on any atom is 0.128 e. The molecule has 1 aromatic rings. The van der Waals surface area contributed by atoms with E-state index in [9.17, 15) is 0 Å². The van der Waals surface area contributed by atoms with Crippen LogP contribution in [0, 0.1) is 0 Å². The molecule has 0 spiro atoms. The molecular weight excluding hydrogens is 299 g/mol. The zero-order valence-corrected chi connectivity index (χ0v) is 13.2. The molecule has 0 unspecified atom stereocenters. The summed E-state index contributed by atoms with van der Waals surface area (Å²) in [6.07, 6.45) is 1.85. The fourth-order valence-electron chi connectivity index (χ4n) is 2.12. The average molecular weight is 323 g/mol. The predicted octanol–water partition coefficient (Wildman–Crippen LogP) is 1.02. The maximum atomic E-state index is 5.40. The van der Waals surface area contributed by atoms with E-state index in [0.717, 1.165) is 45.1 Å². The second kappa shape index (κ2) is 11.1. The Morgan fingerprint density at radius 1 is 1.10 bits per heavy atom. The van der Waals surface area contributed by atoms with Crippen LogP contribution in [0.15, 0.2) is 24.4 Å². The van der Waals surface area contributed by atoms with Crippen LogP contribution in [-0.2, 0) is 4.74 Å². The zero-order chi connectivity index (χ0) is 12.6. The van der Waals surface area contributed by atoms with Gasteiger partial charge in [-0.3, -0.25) is 4.90 Å². The highest BCUT2D eigenvalue weighted by atomic mass is 35.5. The van der Waals surface area contributed by atoms with Gasteiger partial charge in [-0.1, -0.05) is 6.07 Å². The van der Waals surface area contributed by atoms with Crippen molar-refractivity contribution in [3.63, 3.8) is 0 Å². The molecule has 20 heavy (non-hydrogen) atoms. The third-order valence-electron chi connectivity index (χ3n) is 3.16. The van der Waals surface area contributed by atoms with Crippen molar-refractivity contribution in [3.8, 4) is 0 Å². The maximum absolute atomic E-state index is 5.40. The summed E-state index contributed by atoms with van der Waals surface area (Å²) in [5.41, 5.74) is 5.38. The molecule has 1 fully saturated rings. The number of anilines is 1. The minimum atomic E-state index is 0. The minimum Gasteiger partial charge on any atom is -0.379 e.